The Morgan fingerprint density at radius 3 is 2.31 bits per heavy atom. The normalized spacial score (nSPS) is 12.9. The van der Waals surface area contributed by atoms with E-state index < -0.39 is 0 Å². The van der Waals surface area contributed by atoms with Crippen LogP contribution in [0.15, 0.2) is 28.9 Å². The molecule has 3 rings (SSSR count). The van der Waals surface area contributed by atoms with Gasteiger partial charge in [0, 0.05) is 29.4 Å². The van der Waals surface area contributed by atoms with E-state index in [-0.39, 0.29) is 17.3 Å². The van der Waals surface area contributed by atoms with E-state index in [1.165, 1.54) is 7.11 Å². The summed E-state index contributed by atoms with van der Waals surface area (Å²) in [6.07, 6.45) is 1.66. The summed E-state index contributed by atoms with van der Waals surface area (Å²) in [5, 5.41) is 0. The lowest BCUT2D eigenvalue weighted by molar-refractivity contribution is 0.0832. The van der Waals surface area contributed by atoms with Crippen molar-refractivity contribution in [2.75, 3.05) is 33.3 Å². The number of ether oxygens (including phenoxy) is 4. The second kappa shape index (κ2) is 10.0. The van der Waals surface area contributed by atoms with Gasteiger partial charge in [0.1, 0.15) is 4.61 Å². The Morgan fingerprint density at radius 1 is 1.09 bits per heavy atom. The molecule has 0 saturated heterocycles. The van der Waals surface area contributed by atoms with Crippen molar-refractivity contribution in [2.24, 2.45) is 5.73 Å². The molecule has 0 bridgehead atoms. The van der Waals surface area contributed by atoms with Gasteiger partial charge in [-0.15, -0.1) is 0 Å². The third-order valence-corrected chi connectivity index (χ3v) is 5.61. The lowest BCUT2D eigenvalue weighted by atomic mass is 10.0. The highest BCUT2D eigenvalue weighted by Crippen LogP contribution is 2.41. The van der Waals surface area contributed by atoms with E-state index in [2.05, 4.69) is 22.9 Å². The van der Waals surface area contributed by atoms with Crippen LogP contribution in [0.25, 0.3) is 5.70 Å². The Kier molecular flexibility index (Phi) is 7.40. The number of hydrogen-bond acceptors (Lipinski definition) is 7. The van der Waals surface area contributed by atoms with Crippen LogP contribution in [0, 0.1) is 6.92 Å². The number of anilines is 1. The van der Waals surface area contributed by atoms with Crippen LogP contribution in [0.4, 0.5) is 5.69 Å². The van der Waals surface area contributed by atoms with Crippen molar-refractivity contribution in [1.82, 2.24) is 4.90 Å². The highest BCUT2D eigenvalue weighted by molar-refractivity contribution is 9.11. The average molecular weight is 506 g/mol. The molecule has 172 valence electrons. The maximum Gasteiger partial charge on any atom is 0.258 e. The predicted molar refractivity (Wildman–Crippen MR) is 127 cm³/mol. The molecule has 1 heterocycles. The Labute approximate surface area is 196 Å². The van der Waals surface area contributed by atoms with Gasteiger partial charge in [-0.05, 0) is 53.0 Å². The first-order valence-corrected chi connectivity index (χ1v) is 11.0. The standard InChI is InChI=1S/C23H28BrN3O5/c1-5-6-7-27(23(28)14-9-18(30-4)17(29-3)8-13(14)2)21(22(24)26)15-10-19-20(11-16(15)25)32-12-31-19/h8-11H,5-7,12,25-26H2,1-4H3/b22-21+. The fraction of sp³-hybridized carbons (Fsp3) is 0.348. The Hall–Kier alpha value is -3.07. The number of nitrogen functional groups attached to an aromatic ring is 1. The zero-order valence-electron chi connectivity index (χ0n) is 18.7. The molecule has 2 aromatic rings. The molecule has 0 fully saturated rings. The second-order valence-corrected chi connectivity index (χ2v) is 8.18. The number of halogens is 1. The highest BCUT2D eigenvalue weighted by Gasteiger charge is 2.28. The number of carbonyl (C=O) groups is 1. The molecule has 0 atom stereocenters. The van der Waals surface area contributed by atoms with Crippen LogP contribution < -0.4 is 30.4 Å². The van der Waals surface area contributed by atoms with Crippen molar-refractivity contribution in [2.45, 2.75) is 26.7 Å². The molecular formula is C23H28BrN3O5. The zero-order valence-corrected chi connectivity index (χ0v) is 20.2. The maximum absolute atomic E-state index is 13.8. The summed E-state index contributed by atoms with van der Waals surface area (Å²) >= 11 is 3.39. The smallest absolute Gasteiger partial charge is 0.258 e. The number of carbonyl (C=O) groups excluding carboxylic acids is 1. The number of methoxy groups -OCH3 is 2. The third-order valence-electron chi connectivity index (χ3n) is 5.24. The zero-order chi connectivity index (χ0) is 23.4. The number of nitrogens with zero attached hydrogens (tertiary/aromatic N) is 1. The largest absolute Gasteiger partial charge is 0.493 e. The summed E-state index contributed by atoms with van der Waals surface area (Å²) in [6, 6.07) is 6.88. The molecule has 1 amide bonds. The molecule has 0 saturated carbocycles. The molecular weight excluding hydrogens is 478 g/mol. The fourth-order valence-electron chi connectivity index (χ4n) is 3.55. The van der Waals surface area contributed by atoms with Gasteiger partial charge in [-0.3, -0.25) is 4.79 Å². The molecule has 2 aromatic carbocycles. The van der Waals surface area contributed by atoms with Crippen molar-refractivity contribution >= 4 is 33.2 Å². The van der Waals surface area contributed by atoms with Gasteiger partial charge in [-0.2, -0.15) is 0 Å². The molecule has 0 spiro atoms. The third kappa shape index (κ3) is 4.57. The van der Waals surface area contributed by atoms with Crippen molar-refractivity contribution in [3.63, 3.8) is 0 Å². The number of hydrogen-bond donors (Lipinski definition) is 2. The first-order chi connectivity index (χ1) is 15.3. The minimum Gasteiger partial charge on any atom is -0.493 e. The fourth-order valence-corrected chi connectivity index (χ4v) is 3.98. The number of benzene rings is 2. The lowest BCUT2D eigenvalue weighted by Gasteiger charge is -2.28. The van der Waals surface area contributed by atoms with E-state index in [0.29, 0.717) is 52.1 Å². The maximum atomic E-state index is 13.8. The van der Waals surface area contributed by atoms with Crippen LogP contribution in [0.3, 0.4) is 0 Å². The number of nitrogens with two attached hydrogens (primary N) is 2. The van der Waals surface area contributed by atoms with E-state index >= 15 is 0 Å². The Bertz CT molecular complexity index is 1050. The van der Waals surface area contributed by atoms with Crippen LogP contribution in [0.2, 0.25) is 0 Å². The monoisotopic (exact) mass is 505 g/mol. The summed E-state index contributed by atoms with van der Waals surface area (Å²) in [6.45, 7) is 4.46. The number of rotatable bonds is 8. The SMILES string of the molecule is CCCCN(C(=O)c1cc(OC)c(OC)cc1C)/C(=C(/N)Br)c1cc2c(cc1N)OCO2. The molecule has 1 aliphatic rings. The van der Waals surface area contributed by atoms with Crippen LogP contribution in [0.5, 0.6) is 23.0 Å². The van der Waals surface area contributed by atoms with E-state index in [0.717, 1.165) is 18.4 Å². The number of amides is 1. The number of fused-ring (bicyclic) bond motifs is 1. The molecule has 0 aromatic heterocycles. The van der Waals surface area contributed by atoms with Crippen LogP contribution in [0.1, 0.15) is 41.3 Å². The van der Waals surface area contributed by atoms with Gasteiger partial charge in [0.25, 0.3) is 5.91 Å². The van der Waals surface area contributed by atoms with Gasteiger partial charge in [0.15, 0.2) is 23.0 Å². The van der Waals surface area contributed by atoms with Gasteiger partial charge in [0.2, 0.25) is 6.79 Å². The van der Waals surface area contributed by atoms with Gasteiger partial charge in [-0.1, -0.05) is 13.3 Å². The molecule has 0 radical (unpaired) electrons. The van der Waals surface area contributed by atoms with Gasteiger partial charge in [-0.25, -0.2) is 0 Å². The molecule has 0 unspecified atom stereocenters. The first kappa shape index (κ1) is 23.6. The Morgan fingerprint density at radius 2 is 1.72 bits per heavy atom. The van der Waals surface area contributed by atoms with E-state index in [1.807, 2.05) is 6.92 Å². The summed E-state index contributed by atoms with van der Waals surface area (Å²) in [5.74, 6) is 1.90. The lowest BCUT2D eigenvalue weighted by Crippen LogP contribution is -2.32. The summed E-state index contributed by atoms with van der Waals surface area (Å²) < 4.78 is 22.0. The van der Waals surface area contributed by atoms with Crippen LogP contribution in [-0.4, -0.2) is 38.4 Å². The number of aryl methyl sites for hydroxylation is 1. The molecule has 0 aliphatic carbocycles. The average Bonchev–Trinajstić information content (AvgIpc) is 3.22. The summed E-state index contributed by atoms with van der Waals surface area (Å²) in [7, 11) is 3.09. The van der Waals surface area contributed by atoms with E-state index in [9.17, 15) is 4.79 Å². The molecule has 1 aliphatic heterocycles. The van der Waals surface area contributed by atoms with Crippen molar-refractivity contribution in [3.8, 4) is 23.0 Å². The highest BCUT2D eigenvalue weighted by atomic mass is 79.9. The van der Waals surface area contributed by atoms with Crippen molar-refractivity contribution < 1.29 is 23.7 Å². The van der Waals surface area contributed by atoms with Gasteiger partial charge >= 0.3 is 0 Å². The summed E-state index contributed by atoms with van der Waals surface area (Å²) in [4.78, 5) is 15.5. The minimum absolute atomic E-state index is 0.115. The van der Waals surface area contributed by atoms with Crippen molar-refractivity contribution in [1.29, 1.82) is 0 Å². The first-order valence-electron chi connectivity index (χ1n) is 10.2. The second-order valence-electron chi connectivity index (χ2n) is 7.32. The molecule has 32 heavy (non-hydrogen) atoms. The van der Waals surface area contributed by atoms with Gasteiger partial charge < -0.3 is 35.3 Å². The summed E-state index contributed by atoms with van der Waals surface area (Å²) in [5.41, 5.74) is 15.3. The minimum atomic E-state index is -0.230. The van der Waals surface area contributed by atoms with Crippen LogP contribution in [-0.2, 0) is 0 Å². The topological polar surface area (TPSA) is 109 Å². The van der Waals surface area contributed by atoms with E-state index in [1.54, 1.807) is 36.3 Å². The quantitative estimate of drug-likeness (QED) is 0.407. The molecule has 4 N–H and O–H groups in total. The van der Waals surface area contributed by atoms with Crippen LogP contribution >= 0.6 is 15.9 Å². The van der Waals surface area contributed by atoms with E-state index in [4.69, 9.17) is 30.4 Å². The predicted octanol–water partition coefficient (Wildman–Crippen LogP) is 4.25. The molecule has 9 heteroatoms. The number of unbranched alkanes of at least 4 members (excludes halogenated alkanes) is 1. The Balaban J connectivity index is 2.13. The molecule has 8 nitrogen and oxygen atoms in total. The van der Waals surface area contributed by atoms with Crippen molar-refractivity contribution in [3.05, 3.63) is 45.6 Å². The van der Waals surface area contributed by atoms with Gasteiger partial charge in [0.05, 0.1) is 19.9 Å².